The number of benzene rings is 1. The zero-order valence-corrected chi connectivity index (χ0v) is 12.5. The second-order valence-electron chi connectivity index (χ2n) is 4.53. The number of nitrogens with two attached hydrogens (primary N) is 1. The minimum absolute atomic E-state index is 0.0117. The van der Waals surface area contributed by atoms with E-state index in [0.717, 1.165) is 14.9 Å². The zero-order chi connectivity index (χ0) is 15.2. The fraction of sp³-hybridized carbons (Fsp3) is 0.538. The summed E-state index contributed by atoms with van der Waals surface area (Å²) in [5.41, 5.74) is 6.87. The number of aliphatic hydroxyl groups excluding tert-OH is 1. The molecule has 0 aliphatic carbocycles. The molecule has 20 heavy (non-hydrogen) atoms. The van der Waals surface area contributed by atoms with Gasteiger partial charge in [-0.05, 0) is 18.1 Å². The van der Waals surface area contributed by atoms with E-state index in [4.69, 9.17) is 10.8 Å². The van der Waals surface area contributed by atoms with Crippen molar-refractivity contribution in [3.05, 3.63) is 34.3 Å². The quantitative estimate of drug-likeness (QED) is 0.791. The average Bonchev–Trinajstić information content (AvgIpc) is 2.34. The highest BCUT2D eigenvalue weighted by Gasteiger charge is 2.30. The molecule has 0 radical (unpaired) electrons. The van der Waals surface area contributed by atoms with E-state index in [1.54, 1.807) is 0 Å². The number of nitrogens with zero attached hydrogens (tertiary/aromatic N) is 1. The lowest BCUT2D eigenvalue weighted by atomic mass is 10.0. The first-order valence-electron chi connectivity index (χ1n) is 6.23. The van der Waals surface area contributed by atoms with Crippen LogP contribution in [-0.2, 0) is 0 Å². The summed E-state index contributed by atoms with van der Waals surface area (Å²) in [6.45, 7) is -1.17. The van der Waals surface area contributed by atoms with Crippen molar-refractivity contribution in [2.75, 3.05) is 26.2 Å². The third-order valence-electron chi connectivity index (χ3n) is 2.88. The Hall–Kier alpha value is -0.630. The molecule has 0 aliphatic heterocycles. The largest absolute Gasteiger partial charge is 0.401 e. The predicted molar refractivity (Wildman–Crippen MR) is 75.3 cm³/mol. The number of halogens is 4. The lowest BCUT2D eigenvalue weighted by molar-refractivity contribution is -0.146. The predicted octanol–water partition coefficient (Wildman–Crippen LogP) is 2.70. The van der Waals surface area contributed by atoms with Gasteiger partial charge in [-0.25, -0.2) is 0 Å². The second kappa shape index (κ2) is 7.97. The number of hydrogen-bond donors (Lipinski definition) is 2. The van der Waals surface area contributed by atoms with E-state index in [1.807, 2.05) is 24.3 Å². The molecule has 0 bridgehead atoms. The number of hydrogen-bond acceptors (Lipinski definition) is 3. The normalized spacial score (nSPS) is 13.8. The molecular formula is C13H18BrF3N2O. The Morgan fingerprint density at radius 3 is 2.45 bits per heavy atom. The van der Waals surface area contributed by atoms with E-state index >= 15 is 0 Å². The average molecular weight is 355 g/mol. The van der Waals surface area contributed by atoms with E-state index in [0.29, 0.717) is 6.42 Å². The van der Waals surface area contributed by atoms with Crippen LogP contribution in [-0.4, -0.2) is 42.4 Å². The Morgan fingerprint density at radius 1 is 1.25 bits per heavy atom. The van der Waals surface area contributed by atoms with Crippen molar-refractivity contribution < 1.29 is 18.3 Å². The van der Waals surface area contributed by atoms with Crippen LogP contribution < -0.4 is 5.73 Å². The molecule has 0 saturated heterocycles. The molecular weight excluding hydrogens is 337 g/mol. The summed E-state index contributed by atoms with van der Waals surface area (Å²) < 4.78 is 38.0. The summed E-state index contributed by atoms with van der Waals surface area (Å²) in [5.74, 6) is 0. The van der Waals surface area contributed by atoms with Crippen LogP contribution in [0.3, 0.4) is 0 Å². The summed E-state index contributed by atoms with van der Waals surface area (Å²) in [5, 5.41) is 8.81. The third kappa shape index (κ3) is 6.21. The molecule has 1 rings (SSSR count). The summed E-state index contributed by atoms with van der Waals surface area (Å²) >= 11 is 3.37. The van der Waals surface area contributed by atoms with Crippen LogP contribution in [0.2, 0.25) is 0 Å². The molecule has 1 aromatic rings. The molecule has 0 saturated carbocycles. The van der Waals surface area contributed by atoms with E-state index in [9.17, 15) is 13.2 Å². The lowest BCUT2D eigenvalue weighted by Crippen LogP contribution is -2.37. The Balaban J connectivity index is 2.56. The van der Waals surface area contributed by atoms with Gasteiger partial charge in [0.1, 0.15) is 0 Å². The minimum atomic E-state index is -4.27. The molecule has 1 unspecified atom stereocenters. The molecule has 0 heterocycles. The number of aliphatic hydroxyl groups is 1. The van der Waals surface area contributed by atoms with E-state index < -0.39 is 12.7 Å². The summed E-state index contributed by atoms with van der Waals surface area (Å²) in [6.07, 6.45) is -3.88. The molecule has 7 heteroatoms. The monoisotopic (exact) mass is 354 g/mol. The van der Waals surface area contributed by atoms with E-state index in [1.165, 1.54) is 0 Å². The third-order valence-corrected chi connectivity index (χ3v) is 3.60. The van der Waals surface area contributed by atoms with Crippen LogP contribution in [0, 0.1) is 0 Å². The molecule has 3 N–H and O–H groups in total. The number of alkyl halides is 3. The van der Waals surface area contributed by atoms with Crippen molar-refractivity contribution in [2.24, 2.45) is 5.73 Å². The molecule has 0 aromatic heterocycles. The van der Waals surface area contributed by atoms with Crippen molar-refractivity contribution in [2.45, 2.75) is 18.6 Å². The Kier molecular flexibility index (Phi) is 6.94. The minimum Gasteiger partial charge on any atom is -0.395 e. The van der Waals surface area contributed by atoms with Gasteiger partial charge in [-0.2, -0.15) is 13.2 Å². The van der Waals surface area contributed by atoms with E-state index in [-0.39, 0.29) is 25.7 Å². The fourth-order valence-corrected chi connectivity index (χ4v) is 2.50. The van der Waals surface area contributed by atoms with E-state index in [2.05, 4.69) is 15.9 Å². The van der Waals surface area contributed by atoms with Crippen LogP contribution in [0.15, 0.2) is 28.7 Å². The fourth-order valence-electron chi connectivity index (χ4n) is 1.92. The van der Waals surface area contributed by atoms with Crippen molar-refractivity contribution in [1.82, 2.24) is 4.90 Å². The Bertz CT molecular complexity index is 415. The standard InChI is InChI=1S/C13H18BrF3N2O/c14-11-4-2-1-3-10(11)12(18)5-6-19(7-8-20)9-13(15,16)17/h1-4,12,20H,5-9,18H2. The highest BCUT2D eigenvalue weighted by atomic mass is 79.9. The van der Waals surface area contributed by atoms with Gasteiger partial charge in [0.2, 0.25) is 0 Å². The maximum absolute atomic E-state index is 12.4. The van der Waals surface area contributed by atoms with Gasteiger partial charge < -0.3 is 10.8 Å². The van der Waals surface area contributed by atoms with Crippen molar-refractivity contribution in [3.8, 4) is 0 Å². The van der Waals surface area contributed by atoms with Crippen LogP contribution in [0.4, 0.5) is 13.2 Å². The van der Waals surface area contributed by atoms with Crippen LogP contribution in [0.25, 0.3) is 0 Å². The Labute approximate surface area is 124 Å². The van der Waals surface area contributed by atoms with Crippen LogP contribution in [0.1, 0.15) is 18.0 Å². The summed E-state index contributed by atoms with van der Waals surface area (Å²) in [7, 11) is 0. The van der Waals surface area contributed by atoms with Gasteiger partial charge in [-0.1, -0.05) is 34.1 Å². The zero-order valence-electron chi connectivity index (χ0n) is 10.9. The Morgan fingerprint density at radius 2 is 1.90 bits per heavy atom. The highest BCUT2D eigenvalue weighted by Crippen LogP contribution is 2.24. The van der Waals surface area contributed by atoms with Gasteiger partial charge >= 0.3 is 6.18 Å². The van der Waals surface area contributed by atoms with Gasteiger partial charge in [-0.15, -0.1) is 0 Å². The topological polar surface area (TPSA) is 49.5 Å². The van der Waals surface area contributed by atoms with Gasteiger partial charge in [0.25, 0.3) is 0 Å². The van der Waals surface area contributed by atoms with Crippen molar-refractivity contribution in [3.63, 3.8) is 0 Å². The molecule has 0 amide bonds. The summed E-state index contributed by atoms with van der Waals surface area (Å²) in [6, 6.07) is 7.02. The first-order chi connectivity index (χ1) is 9.33. The molecule has 0 aliphatic rings. The molecule has 1 aromatic carbocycles. The SMILES string of the molecule is NC(CCN(CCO)CC(F)(F)F)c1ccccc1Br. The maximum Gasteiger partial charge on any atom is 0.401 e. The van der Waals surface area contributed by atoms with Gasteiger partial charge in [0.15, 0.2) is 0 Å². The lowest BCUT2D eigenvalue weighted by Gasteiger charge is -2.24. The molecule has 0 spiro atoms. The smallest absolute Gasteiger partial charge is 0.395 e. The first-order valence-corrected chi connectivity index (χ1v) is 7.02. The van der Waals surface area contributed by atoms with Gasteiger partial charge in [0, 0.05) is 23.6 Å². The second-order valence-corrected chi connectivity index (χ2v) is 5.39. The van der Waals surface area contributed by atoms with Gasteiger partial charge in [-0.3, -0.25) is 4.90 Å². The molecule has 1 atom stereocenters. The van der Waals surface area contributed by atoms with Crippen molar-refractivity contribution in [1.29, 1.82) is 0 Å². The van der Waals surface area contributed by atoms with Crippen LogP contribution >= 0.6 is 15.9 Å². The maximum atomic E-state index is 12.4. The van der Waals surface area contributed by atoms with Crippen molar-refractivity contribution >= 4 is 15.9 Å². The molecule has 0 fully saturated rings. The molecule has 3 nitrogen and oxygen atoms in total. The van der Waals surface area contributed by atoms with Crippen LogP contribution in [0.5, 0.6) is 0 Å². The number of rotatable bonds is 7. The summed E-state index contributed by atoms with van der Waals surface area (Å²) in [4.78, 5) is 1.16. The first kappa shape index (κ1) is 17.4. The van der Waals surface area contributed by atoms with Gasteiger partial charge in [0.05, 0.1) is 13.2 Å². The highest BCUT2D eigenvalue weighted by molar-refractivity contribution is 9.10. The molecule has 114 valence electrons.